The van der Waals surface area contributed by atoms with Crippen molar-refractivity contribution in [3.63, 3.8) is 0 Å². The van der Waals surface area contributed by atoms with Crippen molar-refractivity contribution in [3.8, 4) is 0 Å². The van der Waals surface area contributed by atoms with Crippen molar-refractivity contribution in [1.29, 1.82) is 0 Å². The quantitative estimate of drug-likeness (QED) is 0.734. The Hall–Kier alpha value is -0.120. The van der Waals surface area contributed by atoms with Gasteiger partial charge in [-0.05, 0) is 39.8 Å². The third-order valence-electron chi connectivity index (χ3n) is 4.32. The van der Waals surface area contributed by atoms with Gasteiger partial charge in [-0.25, -0.2) is 0 Å². The normalized spacial score (nSPS) is 27.6. The lowest BCUT2D eigenvalue weighted by molar-refractivity contribution is -0.117. The molecule has 3 atom stereocenters. The lowest BCUT2D eigenvalue weighted by Gasteiger charge is -2.53. The van der Waals surface area contributed by atoms with Crippen molar-refractivity contribution in [1.82, 2.24) is 10.2 Å². The minimum Gasteiger partial charge on any atom is -0.378 e. The number of nitrogens with zero attached hydrogens (tertiary/aromatic N) is 1. The van der Waals surface area contributed by atoms with Crippen LogP contribution in [0.25, 0.3) is 0 Å². The number of ether oxygens (including phenoxy) is 1. The van der Waals surface area contributed by atoms with Gasteiger partial charge in [-0.3, -0.25) is 0 Å². The van der Waals surface area contributed by atoms with E-state index in [1.807, 2.05) is 0 Å². The van der Waals surface area contributed by atoms with Gasteiger partial charge < -0.3 is 15.0 Å². The van der Waals surface area contributed by atoms with E-state index in [1.54, 1.807) is 0 Å². The van der Waals surface area contributed by atoms with Crippen LogP contribution in [0.3, 0.4) is 0 Å². The van der Waals surface area contributed by atoms with E-state index in [1.165, 1.54) is 6.42 Å². The molecule has 0 aromatic rings. The van der Waals surface area contributed by atoms with Crippen LogP contribution in [-0.2, 0) is 4.74 Å². The molecule has 1 rings (SSSR count). The van der Waals surface area contributed by atoms with Crippen LogP contribution in [0.4, 0.5) is 0 Å². The van der Waals surface area contributed by atoms with E-state index in [9.17, 15) is 0 Å². The molecular weight excluding hydrogens is 236 g/mol. The van der Waals surface area contributed by atoms with E-state index in [0.29, 0.717) is 18.2 Å². The van der Waals surface area contributed by atoms with Gasteiger partial charge in [-0.2, -0.15) is 0 Å². The highest BCUT2D eigenvalue weighted by atomic mass is 16.5. The number of nitrogens with one attached hydrogen (secondary N) is 1. The van der Waals surface area contributed by atoms with Gasteiger partial charge in [0.1, 0.15) is 0 Å². The average molecular weight is 270 g/mol. The van der Waals surface area contributed by atoms with Crippen LogP contribution in [0.1, 0.15) is 47.5 Å². The summed E-state index contributed by atoms with van der Waals surface area (Å²) in [6.45, 7) is 13.3. The van der Waals surface area contributed by atoms with Crippen molar-refractivity contribution < 1.29 is 4.74 Å². The van der Waals surface area contributed by atoms with E-state index in [2.05, 4.69) is 58.9 Å². The standard InChI is InChI=1S/C16H34N2O/c1-8-19-15-10-14(16(15,4)5)17-13(9-12(2)3)11-18(6)7/h12-15,17H,8-11H2,1-7H3. The van der Waals surface area contributed by atoms with Crippen LogP contribution in [0, 0.1) is 11.3 Å². The number of rotatable bonds is 8. The molecule has 3 heteroatoms. The van der Waals surface area contributed by atoms with Gasteiger partial charge >= 0.3 is 0 Å². The molecule has 1 N–H and O–H groups in total. The monoisotopic (exact) mass is 270 g/mol. The molecule has 0 aliphatic heterocycles. The van der Waals surface area contributed by atoms with Crippen LogP contribution < -0.4 is 5.32 Å². The highest BCUT2D eigenvalue weighted by Gasteiger charge is 2.49. The van der Waals surface area contributed by atoms with E-state index in [-0.39, 0.29) is 5.41 Å². The lowest BCUT2D eigenvalue weighted by Crippen LogP contribution is -2.63. The van der Waals surface area contributed by atoms with E-state index >= 15 is 0 Å². The first kappa shape index (κ1) is 16.9. The predicted molar refractivity (Wildman–Crippen MR) is 82.5 cm³/mol. The Morgan fingerprint density at radius 2 is 1.95 bits per heavy atom. The summed E-state index contributed by atoms with van der Waals surface area (Å²) in [5.74, 6) is 0.739. The molecule has 0 amide bonds. The zero-order chi connectivity index (χ0) is 14.6. The largest absolute Gasteiger partial charge is 0.378 e. The second-order valence-electron chi connectivity index (χ2n) is 7.31. The molecule has 1 saturated carbocycles. The highest BCUT2D eigenvalue weighted by Crippen LogP contribution is 2.43. The Balaban J connectivity index is 2.51. The molecule has 0 radical (unpaired) electrons. The summed E-state index contributed by atoms with van der Waals surface area (Å²) in [6.07, 6.45) is 2.82. The second-order valence-corrected chi connectivity index (χ2v) is 7.31. The Morgan fingerprint density at radius 1 is 1.32 bits per heavy atom. The van der Waals surface area contributed by atoms with Crippen molar-refractivity contribution in [2.45, 2.75) is 65.6 Å². The van der Waals surface area contributed by atoms with Gasteiger partial charge in [0.05, 0.1) is 6.10 Å². The van der Waals surface area contributed by atoms with Crippen LogP contribution in [-0.4, -0.2) is 50.3 Å². The van der Waals surface area contributed by atoms with Crippen LogP contribution in [0.5, 0.6) is 0 Å². The summed E-state index contributed by atoms with van der Waals surface area (Å²) in [4.78, 5) is 2.28. The Labute approximate surface area is 120 Å². The molecule has 0 spiro atoms. The van der Waals surface area contributed by atoms with E-state index in [0.717, 1.165) is 25.5 Å². The molecule has 3 nitrogen and oxygen atoms in total. The average Bonchev–Trinajstić information content (AvgIpc) is 2.26. The summed E-state index contributed by atoms with van der Waals surface area (Å²) in [5, 5.41) is 3.87. The molecule has 0 saturated heterocycles. The maximum absolute atomic E-state index is 5.82. The smallest absolute Gasteiger partial charge is 0.0655 e. The molecule has 0 aromatic carbocycles. The van der Waals surface area contributed by atoms with Crippen molar-refractivity contribution in [3.05, 3.63) is 0 Å². The fourth-order valence-corrected chi connectivity index (χ4v) is 3.14. The molecule has 0 bridgehead atoms. The summed E-state index contributed by atoms with van der Waals surface area (Å²) in [7, 11) is 4.31. The zero-order valence-corrected chi connectivity index (χ0v) is 14.0. The number of hydrogen-bond donors (Lipinski definition) is 1. The Morgan fingerprint density at radius 3 is 2.37 bits per heavy atom. The molecule has 1 aliphatic rings. The van der Waals surface area contributed by atoms with Gasteiger partial charge in [0, 0.05) is 30.7 Å². The van der Waals surface area contributed by atoms with Gasteiger partial charge in [0.25, 0.3) is 0 Å². The van der Waals surface area contributed by atoms with E-state index < -0.39 is 0 Å². The lowest BCUT2D eigenvalue weighted by atomic mass is 9.64. The fourth-order valence-electron chi connectivity index (χ4n) is 3.14. The Bertz CT molecular complexity index is 253. The molecule has 19 heavy (non-hydrogen) atoms. The van der Waals surface area contributed by atoms with Crippen LogP contribution in [0.15, 0.2) is 0 Å². The maximum Gasteiger partial charge on any atom is 0.0655 e. The summed E-state index contributed by atoms with van der Waals surface area (Å²) in [5.41, 5.74) is 0.261. The fraction of sp³-hybridized carbons (Fsp3) is 1.00. The minimum absolute atomic E-state index is 0.261. The molecular formula is C16H34N2O. The molecule has 1 aliphatic carbocycles. The summed E-state index contributed by atoms with van der Waals surface area (Å²) >= 11 is 0. The first-order valence-electron chi connectivity index (χ1n) is 7.79. The van der Waals surface area contributed by atoms with E-state index in [4.69, 9.17) is 4.74 Å². The van der Waals surface area contributed by atoms with Crippen molar-refractivity contribution in [2.75, 3.05) is 27.2 Å². The first-order valence-corrected chi connectivity index (χ1v) is 7.79. The molecule has 0 heterocycles. The predicted octanol–water partition coefficient (Wildman–Crippen LogP) is 2.76. The molecule has 114 valence electrons. The van der Waals surface area contributed by atoms with Crippen LogP contribution in [0.2, 0.25) is 0 Å². The minimum atomic E-state index is 0.261. The number of hydrogen-bond acceptors (Lipinski definition) is 3. The molecule has 1 fully saturated rings. The van der Waals surface area contributed by atoms with Crippen LogP contribution >= 0.6 is 0 Å². The third kappa shape index (κ3) is 4.73. The van der Waals surface area contributed by atoms with Gasteiger partial charge in [0.15, 0.2) is 0 Å². The van der Waals surface area contributed by atoms with Gasteiger partial charge in [-0.1, -0.05) is 27.7 Å². The molecule has 3 unspecified atom stereocenters. The van der Waals surface area contributed by atoms with Gasteiger partial charge in [-0.15, -0.1) is 0 Å². The highest BCUT2D eigenvalue weighted by molar-refractivity contribution is 5.03. The summed E-state index contributed by atoms with van der Waals surface area (Å²) < 4.78 is 5.82. The topological polar surface area (TPSA) is 24.5 Å². The summed E-state index contributed by atoms with van der Waals surface area (Å²) in [6, 6.07) is 1.18. The van der Waals surface area contributed by atoms with Crippen molar-refractivity contribution >= 4 is 0 Å². The maximum atomic E-state index is 5.82. The first-order chi connectivity index (χ1) is 8.77. The second kappa shape index (κ2) is 7.05. The number of likely N-dealkylation sites (N-methyl/N-ethyl adjacent to an activating group) is 1. The van der Waals surface area contributed by atoms with Crippen molar-refractivity contribution in [2.24, 2.45) is 11.3 Å². The Kier molecular flexibility index (Phi) is 6.28. The molecule has 0 aromatic heterocycles. The van der Waals surface area contributed by atoms with Gasteiger partial charge in [0.2, 0.25) is 0 Å². The zero-order valence-electron chi connectivity index (χ0n) is 14.0. The SMILES string of the molecule is CCOC1CC(NC(CC(C)C)CN(C)C)C1(C)C. The third-order valence-corrected chi connectivity index (χ3v) is 4.32.